The predicted molar refractivity (Wildman–Crippen MR) is 102 cm³/mol. The lowest BCUT2D eigenvalue weighted by Gasteiger charge is -2.27. The normalized spacial score (nSPS) is 24.6. The Bertz CT molecular complexity index is 749. The van der Waals surface area contributed by atoms with Crippen molar-refractivity contribution in [3.8, 4) is 5.75 Å². The molecule has 1 saturated heterocycles. The van der Waals surface area contributed by atoms with Gasteiger partial charge in [-0.25, -0.2) is 0 Å². The van der Waals surface area contributed by atoms with Crippen molar-refractivity contribution in [3.63, 3.8) is 0 Å². The van der Waals surface area contributed by atoms with E-state index in [4.69, 9.17) is 4.74 Å². The molecule has 1 unspecified atom stereocenters. The van der Waals surface area contributed by atoms with E-state index >= 15 is 0 Å². The first-order valence-corrected chi connectivity index (χ1v) is 8.96. The highest BCUT2D eigenvalue weighted by atomic mass is 16.5. The number of benzene rings is 2. The van der Waals surface area contributed by atoms with Crippen LogP contribution >= 0.6 is 0 Å². The number of hydrogen-bond acceptors (Lipinski definition) is 3. The molecule has 2 aromatic carbocycles. The van der Waals surface area contributed by atoms with Gasteiger partial charge in [0.05, 0.1) is 0 Å². The van der Waals surface area contributed by atoms with Crippen LogP contribution in [0, 0.1) is 6.92 Å². The number of aromatic hydroxyl groups is 1. The van der Waals surface area contributed by atoms with E-state index in [1.165, 1.54) is 5.56 Å². The van der Waals surface area contributed by atoms with Gasteiger partial charge in [-0.05, 0) is 43.5 Å². The highest BCUT2D eigenvalue weighted by Crippen LogP contribution is 2.46. The molecule has 25 heavy (non-hydrogen) atoms. The zero-order chi connectivity index (χ0) is 18.4. The van der Waals surface area contributed by atoms with Crippen LogP contribution in [0.1, 0.15) is 62.3 Å². The van der Waals surface area contributed by atoms with E-state index in [1.807, 2.05) is 24.3 Å². The second kappa shape index (κ2) is 6.47. The van der Waals surface area contributed by atoms with Crippen molar-refractivity contribution < 1.29 is 9.84 Å². The van der Waals surface area contributed by atoms with Crippen molar-refractivity contribution in [2.24, 2.45) is 0 Å². The van der Waals surface area contributed by atoms with Crippen molar-refractivity contribution in [1.82, 2.24) is 4.90 Å². The topological polar surface area (TPSA) is 32.7 Å². The lowest BCUT2D eigenvalue weighted by atomic mass is 9.84. The molecule has 3 nitrogen and oxygen atoms in total. The van der Waals surface area contributed by atoms with E-state index in [2.05, 4.69) is 64.8 Å². The van der Waals surface area contributed by atoms with Gasteiger partial charge >= 0.3 is 0 Å². The molecule has 1 N–H and O–H groups in total. The van der Waals surface area contributed by atoms with Crippen molar-refractivity contribution >= 4 is 0 Å². The maximum Gasteiger partial charge on any atom is 0.141 e. The Morgan fingerprint density at radius 3 is 2.32 bits per heavy atom. The standard InChI is InChI=1S/C22H29NO2/c1-14-12-17(19(24)18(13-14)22(3,4)5)21-23(6)15(2)20(25-21)16-10-8-7-9-11-16/h7-13,15,20-21,24H,1-6H3/t15-,20?,21-/m0/s1. The summed E-state index contributed by atoms with van der Waals surface area (Å²) < 4.78 is 6.43. The first-order chi connectivity index (χ1) is 11.7. The Kier molecular flexibility index (Phi) is 4.65. The molecular weight excluding hydrogens is 310 g/mol. The van der Waals surface area contributed by atoms with Crippen LogP contribution in [0.2, 0.25) is 0 Å². The van der Waals surface area contributed by atoms with Crippen molar-refractivity contribution in [2.45, 2.75) is 58.4 Å². The predicted octanol–water partition coefficient (Wildman–Crippen LogP) is 5.09. The summed E-state index contributed by atoms with van der Waals surface area (Å²) in [7, 11) is 2.07. The average Bonchev–Trinajstić information content (AvgIpc) is 2.85. The summed E-state index contributed by atoms with van der Waals surface area (Å²) in [4.78, 5) is 2.21. The number of rotatable bonds is 2. The number of ether oxygens (including phenoxy) is 1. The monoisotopic (exact) mass is 339 g/mol. The van der Waals surface area contributed by atoms with Crippen molar-refractivity contribution in [2.75, 3.05) is 7.05 Å². The second-order valence-electron chi connectivity index (χ2n) is 8.23. The van der Waals surface area contributed by atoms with Crippen LogP contribution in [0.25, 0.3) is 0 Å². The van der Waals surface area contributed by atoms with Gasteiger partial charge in [0.2, 0.25) is 0 Å². The minimum Gasteiger partial charge on any atom is -0.507 e. The van der Waals surface area contributed by atoms with Gasteiger partial charge in [-0.15, -0.1) is 0 Å². The molecule has 1 aliphatic heterocycles. The summed E-state index contributed by atoms with van der Waals surface area (Å²) in [5.74, 6) is 0.357. The minimum atomic E-state index is -0.249. The van der Waals surface area contributed by atoms with Crippen LogP contribution in [0.4, 0.5) is 0 Å². The molecule has 1 fully saturated rings. The summed E-state index contributed by atoms with van der Waals surface area (Å²) in [5.41, 5.74) is 4.03. The zero-order valence-electron chi connectivity index (χ0n) is 16.1. The molecular formula is C22H29NO2. The maximum absolute atomic E-state index is 11.0. The number of hydrogen-bond donors (Lipinski definition) is 1. The molecule has 3 heteroatoms. The van der Waals surface area contributed by atoms with Crippen LogP contribution < -0.4 is 0 Å². The molecule has 0 radical (unpaired) electrons. The number of nitrogens with zero attached hydrogens (tertiary/aromatic N) is 1. The van der Waals surface area contributed by atoms with Crippen LogP contribution in [0.15, 0.2) is 42.5 Å². The summed E-state index contributed by atoms with van der Waals surface area (Å²) in [6.45, 7) is 10.6. The highest BCUT2D eigenvalue weighted by Gasteiger charge is 2.40. The molecule has 0 aliphatic carbocycles. The van der Waals surface area contributed by atoms with Crippen LogP contribution in [-0.2, 0) is 10.2 Å². The maximum atomic E-state index is 11.0. The summed E-state index contributed by atoms with van der Waals surface area (Å²) in [6, 6.07) is 14.7. The molecule has 0 bridgehead atoms. The fourth-order valence-corrected chi connectivity index (χ4v) is 3.63. The SMILES string of the molecule is Cc1cc([C@@H]2OC(c3ccccc3)[C@H](C)N2C)c(O)c(C(C)(C)C)c1. The van der Waals surface area contributed by atoms with Gasteiger partial charge in [-0.1, -0.05) is 62.7 Å². The third-order valence-corrected chi connectivity index (χ3v) is 5.21. The van der Waals surface area contributed by atoms with E-state index < -0.39 is 0 Å². The van der Waals surface area contributed by atoms with E-state index in [1.54, 1.807) is 0 Å². The fourth-order valence-electron chi connectivity index (χ4n) is 3.63. The molecule has 1 aliphatic rings. The zero-order valence-corrected chi connectivity index (χ0v) is 16.1. The van der Waals surface area contributed by atoms with Gasteiger partial charge in [0, 0.05) is 11.6 Å². The number of aryl methyl sites for hydroxylation is 1. The summed E-state index contributed by atoms with van der Waals surface area (Å²) >= 11 is 0. The molecule has 0 spiro atoms. The lowest BCUT2D eigenvalue weighted by molar-refractivity contribution is 0.00401. The first-order valence-electron chi connectivity index (χ1n) is 8.96. The van der Waals surface area contributed by atoms with Gasteiger partial charge < -0.3 is 9.84 Å². The van der Waals surface area contributed by atoms with Crippen molar-refractivity contribution in [3.05, 3.63) is 64.7 Å². The molecule has 2 aromatic rings. The molecule has 0 amide bonds. The van der Waals surface area contributed by atoms with Gasteiger partial charge in [0.15, 0.2) is 0 Å². The van der Waals surface area contributed by atoms with Crippen molar-refractivity contribution in [1.29, 1.82) is 0 Å². The molecule has 0 aromatic heterocycles. The molecule has 1 heterocycles. The van der Waals surface area contributed by atoms with Crippen LogP contribution in [0.3, 0.4) is 0 Å². The van der Waals surface area contributed by atoms with Gasteiger partial charge in [0.25, 0.3) is 0 Å². The third kappa shape index (κ3) is 3.31. The smallest absolute Gasteiger partial charge is 0.141 e. The quantitative estimate of drug-likeness (QED) is 0.827. The fraction of sp³-hybridized carbons (Fsp3) is 0.455. The Balaban J connectivity index is 2.01. The molecule has 3 atom stereocenters. The average molecular weight is 339 g/mol. The summed E-state index contributed by atoms with van der Waals surface area (Å²) in [5, 5.41) is 11.0. The minimum absolute atomic E-state index is 0.00537. The van der Waals surface area contributed by atoms with Crippen LogP contribution in [0.5, 0.6) is 5.75 Å². The van der Waals surface area contributed by atoms with E-state index in [9.17, 15) is 5.11 Å². The largest absolute Gasteiger partial charge is 0.507 e. The van der Waals surface area contributed by atoms with E-state index in [0.717, 1.165) is 16.7 Å². The van der Waals surface area contributed by atoms with Gasteiger partial charge in [0.1, 0.15) is 18.1 Å². The number of phenols is 1. The highest BCUT2D eigenvalue weighted by molar-refractivity contribution is 5.48. The van der Waals surface area contributed by atoms with Gasteiger partial charge in [-0.2, -0.15) is 0 Å². The Labute approximate surface area is 151 Å². The lowest BCUT2D eigenvalue weighted by Crippen LogP contribution is -2.27. The summed E-state index contributed by atoms with van der Waals surface area (Å²) in [6.07, 6.45) is -0.254. The number of likely N-dealkylation sites (N-methyl/N-ethyl adjacent to an activating group) is 1. The Morgan fingerprint density at radius 1 is 1.08 bits per heavy atom. The van der Waals surface area contributed by atoms with Gasteiger partial charge in [-0.3, -0.25) is 4.90 Å². The van der Waals surface area contributed by atoms with E-state index in [0.29, 0.717) is 5.75 Å². The number of phenolic OH excluding ortho intramolecular Hbond substituents is 1. The van der Waals surface area contributed by atoms with E-state index in [-0.39, 0.29) is 23.8 Å². The third-order valence-electron chi connectivity index (χ3n) is 5.21. The Hall–Kier alpha value is -1.84. The molecule has 0 saturated carbocycles. The second-order valence-corrected chi connectivity index (χ2v) is 8.23. The molecule has 134 valence electrons. The first kappa shape index (κ1) is 18.0. The van der Waals surface area contributed by atoms with Crippen LogP contribution in [-0.4, -0.2) is 23.1 Å². The Morgan fingerprint density at radius 2 is 1.72 bits per heavy atom. The molecule has 3 rings (SSSR count).